The largest absolute Gasteiger partial charge is 0.337 e. The van der Waals surface area contributed by atoms with Crippen LogP contribution in [0.5, 0.6) is 0 Å². The van der Waals surface area contributed by atoms with E-state index in [2.05, 4.69) is 83.9 Å². The number of hydrogen-bond donors (Lipinski definition) is 1. The smallest absolute Gasteiger partial charge is 0.138 e. The fourth-order valence-corrected chi connectivity index (χ4v) is 4.46. The fraction of sp³-hybridized carbons (Fsp3) is 0.0800. The number of fused-ring (bicyclic) bond motifs is 7. The molecule has 4 aromatic carbocycles. The van der Waals surface area contributed by atoms with Crippen molar-refractivity contribution in [2.45, 2.75) is 12.8 Å². The first kappa shape index (κ1) is 14.7. The molecule has 1 aromatic heterocycles. The molecule has 27 heavy (non-hydrogen) atoms. The monoisotopic (exact) mass is 346 g/mol. The molecule has 0 radical (unpaired) electrons. The van der Waals surface area contributed by atoms with Crippen molar-refractivity contribution in [1.82, 2.24) is 9.97 Å². The Balaban J connectivity index is 1.71. The first-order valence-corrected chi connectivity index (χ1v) is 9.48. The summed E-state index contributed by atoms with van der Waals surface area (Å²) in [5.74, 6) is 0.971. The highest BCUT2D eigenvalue weighted by Crippen LogP contribution is 2.36. The fourth-order valence-electron chi connectivity index (χ4n) is 4.46. The second-order valence-corrected chi connectivity index (χ2v) is 7.21. The van der Waals surface area contributed by atoms with Crippen molar-refractivity contribution in [1.29, 1.82) is 0 Å². The number of rotatable bonds is 1. The Morgan fingerprint density at radius 3 is 2.22 bits per heavy atom. The van der Waals surface area contributed by atoms with Gasteiger partial charge < -0.3 is 4.98 Å². The van der Waals surface area contributed by atoms with E-state index in [0.717, 1.165) is 29.7 Å². The number of H-pyrrole nitrogens is 1. The quantitative estimate of drug-likeness (QED) is 0.357. The molecule has 2 heteroatoms. The highest BCUT2D eigenvalue weighted by molar-refractivity contribution is 6.23. The molecule has 0 amide bonds. The summed E-state index contributed by atoms with van der Waals surface area (Å²) in [7, 11) is 0. The van der Waals surface area contributed by atoms with Crippen molar-refractivity contribution < 1.29 is 0 Å². The van der Waals surface area contributed by atoms with E-state index in [1.54, 1.807) is 0 Å². The number of aromatic amines is 1. The van der Waals surface area contributed by atoms with E-state index < -0.39 is 0 Å². The van der Waals surface area contributed by atoms with Gasteiger partial charge in [-0.15, -0.1) is 0 Å². The van der Waals surface area contributed by atoms with Crippen molar-refractivity contribution in [3.05, 3.63) is 95.8 Å². The summed E-state index contributed by atoms with van der Waals surface area (Å²) in [4.78, 5) is 8.75. The molecule has 0 spiro atoms. The third-order valence-corrected chi connectivity index (χ3v) is 5.70. The minimum atomic E-state index is 0.971. The molecular weight excluding hydrogens is 328 g/mol. The van der Waals surface area contributed by atoms with Crippen LogP contribution in [-0.2, 0) is 6.42 Å². The van der Waals surface area contributed by atoms with Crippen molar-refractivity contribution in [3.8, 4) is 0 Å². The summed E-state index contributed by atoms with van der Waals surface area (Å²) in [6.07, 6.45) is 4.49. The highest BCUT2D eigenvalue weighted by atomic mass is 14.9. The molecule has 0 aliphatic heterocycles. The van der Waals surface area contributed by atoms with Crippen molar-refractivity contribution >= 4 is 38.2 Å². The third-order valence-electron chi connectivity index (χ3n) is 5.70. The number of nitrogens with zero attached hydrogens (tertiary/aromatic N) is 1. The molecule has 6 rings (SSSR count). The van der Waals surface area contributed by atoms with Gasteiger partial charge in [0.25, 0.3) is 0 Å². The number of nitrogens with one attached hydrogen (secondary N) is 1. The van der Waals surface area contributed by atoms with Crippen LogP contribution in [0.25, 0.3) is 38.2 Å². The van der Waals surface area contributed by atoms with Crippen LogP contribution in [0.4, 0.5) is 0 Å². The van der Waals surface area contributed by atoms with Gasteiger partial charge >= 0.3 is 0 Å². The number of aryl methyl sites for hydroxylation is 1. The highest BCUT2D eigenvalue weighted by Gasteiger charge is 2.18. The second kappa shape index (κ2) is 5.55. The van der Waals surface area contributed by atoms with Crippen LogP contribution in [0.1, 0.15) is 23.4 Å². The van der Waals surface area contributed by atoms with Gasteiger partial charge in [0.1, 0.15) is 5.82 Å². The number of aromatic nitrogens is 2. The zero-order valence-corrected chi connectivity index (χ0v) is 14.9. The molecule has 1 N–H and O–H groups in total. The molecule has 5 aromatic rings. The molecule has 128 valence electrons. The van der Waals surface area contributed by atoms with Gasteiger partial charge in [0.05, 0.1) is 11.0 Å². The topological polar surface area (TPSA) is 28.7 Å². The maximum Gasteiger partial charge on any atom is 0.138 e. The Hall–Kier alpha value is -3.39. The maximum absolute atomic E-state index is 5.09. The molecule has 1 aliphatic carbocycles. The summed E-state index contributed by atoms with van der Waals surface area (Å²) in [5.41, 5.74) is 6.12. The Kier molecular flexibility index (Phi) is 3.03. The lowest BCUT2D eigenvalue weighted by Crippen LogP contribution is -2.01. The normalized spacial score (nSPS) is 13.9. The van der Waals surface area contributed by atoms with Crippen molar-refractivity contribution in [2.24, 2.45) is 0 Å². The van der Waals surface area contributed by atoms with Crippen LogP contribution < -0.4 is 0 Å². The van der Waals surface area contributed by atoms with Gasteiger partial charge in [-0.3, -0.25) is 0 Å². The zero-order chi connectivity index (χ0) is 17.8. The standard InChI is InChI=1S/C25H18N2/c1-2-10-17-16(8-1)9-7-15-22(17)25-26-23-20-13-5-3-11-18(20)19-12-4-6-14-21(19)24(23)27-25/h1-6,8,10-15H,7,9H2,(H,26,27). The number of imidazole rings is 1. The van der Waals surface area contributed by atoms with Gasteiger partial charge in [-0.25, -0.2) is 4.98 Å². The number of benzene rings is 4. The second-order valence-electron chi connectivity index (χ2n) is 7.21. The van der Waals surface area contributed by atoms with Crippen molar-refractivity contribution in [3.63, 3.8) is 0 Å². The Morgan fingerprint density at radius 1 is 0.704 bits per heavy atom. The van der Waals surface area contributed by atoms with Crippen LogP contribution in [-0.4, -0.2) is 9.97 Å². The van der Waals surface area contributed by atoms with Crippen LogP contribution >= 0.6 is 0 Å². The molecule has 0 atom stereocenters. The van der Waals surface area contributed by atoms with Crippen LogP contribution in [0.15, 0.2) is 78.9 Å². The molecule has 1 heterocycles. The van der Waals surface area contributed by atoms with E-state index in [4.69, 9.17) is 4.98 Å². The minimum absolute atomic E-state index is 0.971. The summed E-state index contributed by atoms with van der Waals surface area (Å²) in [5, 5.41) is 4.97. The average molecular weight is 346 g/mol. The summed E-state index contributed by atoms with van der Waals surface area (Å²) < 4.78 is 0. The first-order chi connectivity index (χ1) is 13.4. The molecule has 0 bridgehead atoms. The van der Waals surface area contributed by atoms with Gasteiger partial charge in [0, 0.05) is 16.3 Å². The Bertz CT molecular complexity index is 1300. The SMILES string of the molecule is C1=C(c2nc3c4ccccc4c4ccccc4c3[nH]2)c2ccccc2CC1. The maximum atomic E-state index is 5.09. The van der Waals surface area contributed by atoms with E-state index in [1.165, 1.54) is 38.2 Å². The van der Waals surface area contributed by atoms with E-state index >= 15 is 0 Å². The van der Waals surface area contributed by atoms with Gasteiger partial charge in [0.2, 0.25) is 0 Å². The number of allylic oxidation sites excluding steroid dienone is 1. The molecule has 0 unspecified atom stereocenters. The lowest BCUT2D eigenvalue weighted by Gasteiger charge is -2.15. The number of hydrogen-bond acceptors (Lipinski definition) is 1. The van der Waals surface area contributed by atoms with Crippen LogP contribution in [0, 0.1) is 0 Å². The summed E-state index contributed by atoms with van der Waals surface area (Å²) in [6, 6.07) is 25.9. The lowest BCUT2D eigenvalue weighted by atomic mass is 9.90. The summed E-state index contributed by atoms with van der Waals surface area (Å²) >= 11 is 0. The summed E-state index contributed by atoms with van der Waals surface area (Å²) in [6.45, 7) is 0. The van der Waals surface area contributed by atoms with E-state index in [9.17, 15) is 0 Å². The van der Waals surface area contributed by atoms with Crippen LogP contribution in [0.3, 0.4) is 0 Å². The van der Waals surface area contributed by atoms with Gasteiger partial charge in [-0.2, -0.15) is 0 Å². The van der Waals surface area contributed by atoms with E-state index in [0.29, 0.717) is 0 Å². The Labute approximate surface area is 157 Å². The third kappa shape index (κ3) is 2.10. The molecular formula is C25H18N2. The Morgan fingerprint density at radius 2 is 1.37 bits per heavy atom. The predicted molar refractivity (Wildman–Crippen MR) is 113 cm³/mol. The van der Waals surface area contributed by atoms with Crippen molar-refractivity contribution in [2.75, 3.05) is 0 Å². The van der Waals surface area contributed by atoms with E-state index in [1.807, 2.05) is 0 Å². The average Bonchev–Trinajstić information content (AvgIpc) is 3.19. The van der Waals surface area contributed by atoms with Crippen LogP contribution in [0.2, 0.25) is 0 Å². The van der Waals surface area contributed by atoms with Gasteiger partial charge in [-0.05, 0) is 34.7 Å². The zero-order valence-electron chi connectivity index (χ0n) is 14.9. The molecule has 2 nitrogen and oxygen atoms in total. The first-order valence-electron chi connectivity index (χ1n) is 9.48. The molecule has 0 saturated carbocycles. The van der Waals surface area contributed by atoms with E-state index in [-0.39, 0.29) is 0 Å². The van der Waals surface area contributed by atoms with Gasteiger partial charge in [0.15, 0.2) is 0 Å². The lowest BCUT2D eigenvalue weighted by molar-refractivity contribution is 0.972. The molecule has 0 saturated heterocycles. The minimum Gasteiger partial charge on any atom is -0.337 e. The molecule has 1 aliphatic rings. The molecule has 0 fully saturated rings. The predicted octanol–water partition coefficient (Wildman–Crippen LogP) is 6.25. The van der Waals surface area contributed by atoms with Gasteiger partial charge in [-0.1, -0.05) is 78.9 Å².